The molecular weight excluding hydrogens is 334 g/mol. The molecule has 5 heteroatoms. The first-order valence-corrected chi connectivity index (χ1v) is 9.73. The van der Waals surface area contributed by atoms with Crippen LogP contribution in [0.15, 0.2) is 29.2 Å². The molecule has 0 unspecified atom stereocenters. The zero-order valence-electron chi connectivity index (χ0n) is 15.7. The Morgan fingerprint density at radius 2 is 1.68 bits per heavy atom. The highest BCUT2D eigenvalue weighted by atomic mass is 32.2. The lowest BCUT2D eigenvalue weighted by atomic mass is 10.1. The number of benzene rings is 1. The molecular formula is C20H27NO3S. The van der Waals surface area contributed by atoms with Crippen LogP contribution >= 0.6 is 11.8 Å². The summed E-state index contributed by atoms with van der Waals surface area (Å²) >= 11 is 1.46. The van der Waals surface area contributed by atoms with Crippen molar-refractivity contribution in [3.8, 4) is 5.75 Å². The average molecular weight is 362 g/mol. The molecule has 2 amide bonds. The van der Waals surface area contributed by atoms with Crippen LogP contribution in [0.25, 0.3) is 5.57 Å². The molecule has 0 spiro atoms. The molecule has 1 aromatic carbocycles. The van der Waals surface area contributed by atoms with Gasteiger partial charge in [-0.2, -0.15) is 0 Å². The van der Waals surface area contributed by atoms with E-state index in [2.05, 4.69) is 13.8 Å². The van der Waals surface area contributed by atoms with Gasteiger partial charge in [0.25, 0.3) is 11.8 Å². The Balaban J connectivity index is 2.33. The van der Waals surface area contributed by atoms with E-state index in [4.69, 9.17) is 4.74 Å². The van der Waals surface area contributed by atoms with Crippen molar-refractivity contribution in [1.29, 1.82) is 0 Å². The van der Waals surface area contributed by atoms with Gasteiger partial charge in [0.05, 0.1) is 17.1 Å². The number of hydrogen-bond donors (Lipinski definition) is 0. The largest absolute Gasteiger partial charge is 0.493 e. The minimum atomic E-state index is -0.189. The predicted octanol–water partition coefficient (Wildman–Crippen LogP) is 4.35. The van der Waals surface area contributed by atoms with Gasteiger partial charge >= 0.3 is 0 Å². The second-order valence-electron chi connectivity index (χ2n) is 6.86. The lowest BCUT2D eigenvalue weighted by Gasteiger charge is -2.13. The highest BCUT2D eigenvalue weighted by Gasteiger charge is 2.38. The highest BCUT2D eigenvalue weighted by molar-refractivity contribution is 8.04. The molecule has 0 fully saturated rings. The number of amides is 2. The Morgan fingerprint density at radius 1 is 1.04 bits per heavy atom. The molecule has 0 N–H and O–H groups in total. The minimum Gasteiger partial charge on any atom is -0.493 e. The van der Waals surface area contributed by atoms with E-state index < -0.39 is 0 Å². The fourth-order valence-electron chi connectivity index (χ4n) is 2.56. The van der Waals surface area contributed by atoms with Crippen molar-refractivity contribution in [2.45, 2.75) is 46.3 Å². The summed E-state index contributed by atoms with van der Waals surface area (Å²) in [5.41, 5.74) is 1.30. The number of nitrogens with zero attached hydrogens (tertiary/aromatic N) is 1. The Kier molecular flexibility index (Phi) is 6.71. The molecule has 0 aliphatic carbocycles. The van der Waals surface area contributed by atoms with Crippen LogP contribution < -0.4 is 4.74 Å². The van der Waals surface area contributed by atoms with E-state index in [0.717, 1.165) is 17.7 Å². The number of rotatable bonds is 8. The summed E-state index contributed by atoms with van der Waals surface area (Å²) < 4.78 is 5.70. The number of thioether (sulfide) groups is 1. The number of ether oxygens (including phenoxy) is 1. The summed E-state index contributed by atoms with van der Waals surface area (Å²) in [7, 11) is 0. The summed E-state index contributed by atoms with van der Waals surface area (Å²) in [6.45, 7) is 11.3. The second-order valence-corrected chi connectivity index (χ2v) is 8.45. The molecule has 0 bridgehead atoms. The van der Waals surface area contributed by atoms with Crippen LogP contribution in [0.4, 0.5) is 0 Å². The van der Waals surface area contributed by atoms with Gasteiger partial charge in [-0.15, -0.1) is 11.8 Å². The summed E-state index contributed by atoms with van der Waals surface area (Å²) in [5, 5.41) is 0.233. The number of carbonyl (C=O) groups is 2. The zero-order chi connectivity index (χ0) is 18.6. The molecule has 0 atom stereocenters. The van der Waals surface area contributed by atoms with Crippen LogP contribution in [0.5, 0.6) is 5.75 Å². The molecule has 4 nitrogen and oxygen atoms in total. The standard InChI is InChI=1S/C20H27NO3S/c1-6-11-21-19(22)17(18(20(21)23)25-14(4)5)15-7-9-16(10-8-15)24-12-13(2)3/h7-10,13-14H,6,11-12H2,1-5H3. The third-order valence-corrected chi connectivity index (χ3v) is 4.74. The van der Waals surface area contributed by atoms with Crippen molar-refractivity contribution < 1.29 is 14.3 Å². The van der Waals surface area contributed by atoms with E-state index in [9.17, 15) is 9.59 Å². The van der Waals surface area contributed by atoms with Crippen LogP contribution in [0, 0.1) is 5.92 Å². The fraction of sp³-hybridized carbons (Fsp3) is 0.500. The van der Waals surface area contributed by atoms with E-state index in [-0.39, 0.29) is 17.1 Å². The van der Waals surface area contributed by atoms with E-state index in [1.165, 1.54) is 16.7 Å². The smallest absolute Gasteiger partial charge is 0.267 e. The second kappa shape index (κ2) is 8.56. The van der Waals surface area contributed by atoms with E-state index in [1.54, 1.807) is 0 Å². The topological polar surface area (TPSA) is 46.6 Å². The lowest BCUT2D eigenvalue weighted by Crippen LogP contribution is -2.32. The van der Waals surface area contributed by atoms with Crippen LogP contribution in [0.2, 0.25) is 0 Å². The Hall–Kier alpha value is -1.75. The molecule has 1 aliphatic rings. The third-order valence-electron chi connectivity index (χ3n) is 3.65. The van der Waals surface area contributed by atoms with E-state index in [1.807, 2.05) is 45.0 Å². The van der Waals surface area contributed by atoms with Crippen LogP contribution in [-0.4, -0.2) is 35.1 Å². The van der Waals surface area contributed by atoms with Crippen LogP contribution in [-0.2, 0) is 9.59 Å². The normalized spacial score (nSPS) is 15.1. The maximum atomic E-state index is 12.8. The Bertz CT molecular complexity index is 662. The van der Waals surface area contributed by atoms with Crippen LogP contribution in [0.1, 0.15) is 46.6 Å². The van der Waals surface area contributed by atoms with Gasteiger partial charge in [-0.05, 0) is 30.0 Å². The first-order chi connectivity index (χ1) is 11.8. The van der Waals surface area contributed by atoms with Gasteiger partial charge in [0.1, 0.15) is 5.75 Å². The van der Waals surface area contributed by atoms with Crippen molar-refractivity contribution in [1.82, 2.24) is 4.90 Å². The molecule has 0 radical (unpaired) electrons. The Morgan fingerprint density at radius 3 is 2.20 bits per heavy atom. The van der Waals surface area contributed by atoms with Crippen molar-refractivity contribution in [3.05, 3.63) is 34.7 Å². The lowest BCUT2D eigenvalue weighted by molar-refractivity contribution is -0.136. The SMILES string of the molecule is CCCN1C(=O)C(SC(C)C)=C(c2ccc(OCC(C)C)cc2)C1=O. The van der Waals surface area contributed by atoms with Gasteiger partial charge in [-0.25, -0.2) is 0 Å². The van der Waals surface area contributed by atoms with Gasteiger partial charge < -0.3 is 4.74 Å². The fourth-order valence-corrected chi connectivity index (χ4v) is 3.57. The van der Waals surface area contributed by atoms with Gasteiger partial charge in [0.2, 0.25) is 0 Å². The zero-order valence-corrected chi connectivity index (χ0v) is 16.5. The molecule has 136 valence electrons. The summed E-state index contributed by atoms with van der Waals surface area (Å²) in [6, 6.07) is 7.46. The molecule has 25 heavy (non-hydrogen) atoms. The van der Waals surface area contributed by atoms with Crippen molar-refractivity contribution >= 4 is 29.1 Å². The molecule has 1 aromatic rings. The van der Waals surface area contributed by atoms with Crippen LogP contribution in [0.3, 0.4) is 0 Å². The summed E-state index contributed by atoms with van der Waals surface area (Å²) in [4.78, 5) is 27.4. The highest BCUT2D eigenvalue weighted by Crippen LogP contribution is 2.38. The Labute approximate surface area is 154 Å². The van der Waals surface area contributed by atoms with E-state index in [0.29, 0.717) is 29.5 Å². The van der Waals surface area contributed by atoms with Crippen molar-refractivity contribution in [2.24, 2.45) is 5.92 Å². The summed E-state index contributed by atoms with van der Waals surface area (Å²) in [5.74, 6) is 0.873. The van der Waals surface area contributed by atoms with Gasteiger partial charge in [0.15, 0.2) is 0 Å². The van der Waals surface area contributed by atoms with Gasteiger partial charge in [-0.3, -0.25) is 14.5 Å². The van der Waals surface area contributed by atoms with Crippen molar-refractivity contribution in [2.75, 3.05) is 13.2 Å². The maximum absolute atomic E-state index is 12.8. The first kappa shape index (κ1) is 19.6. The number of hydrogen-bond acceptors (Lipinski definition) is 4. The minimum absolute atomic E-state index is 0.166. The molecule has 0 saturated carbocycles. The third kappa shape index (κ3) is 4.66. The molecule has 0 aromatic heterocycles. The quantitative estimate of drug-likeness (QED) is 0.646. The first-order valence-electron chi connectivity index (χ1n) is 8.85. The number of imide groups is 1. The predicted molar refractivity (Wildman–Crippen MR) is 103 cm³/mol. The number of carbonyl (C=O) groups excluding carboxylic acids is 2. The molecule has 0 saturated heterocycles. The average Bonchev–Trinajstić information content (AvgIpc) is 2.78. The monoisotopic (exact) mass is 361 g/mol. The van der Waals surface area contributed by atoms with Gasteiger partial charge in [-0.1, -0.05) is 46.8 Å². The molecule has 1 aliphatic heterocycles. The van der Waals surface area contributed by atoms with Gasteiger partial charge in [0, 0.05) is 11.8 Å². The molecule has 2 rings (SSSR count). The summed E-state index contributed by atoms with van der Waals surface area (Å²) in [6.07, 6.45) is 0.756. The molecule has 1 heterocycles. The van der Waals surface area contributed by atoms with Crippen molar-refractivity contribution in [3.63, 3.8) is 0 Å². The maximum Gasteiger partial charge on any atom is 0.267 e. The van der Waals surface area contributed by atoms with E-state index >= 15 is 0 Å².